The van der Waals surface area contributed by atoms with Crippen LogP contribution in [0.5, 0.6) is 0 Å². The number of benzene rings is 1. The van der Waals surface area contributed by atoms with E-state index in [1.807, 2.05) is 36.9 Å². The summed E-state index contributed by atoms with van der Waals surface area (Å²) in [6.45, 7) is 6.16. The Morgan fingerprint density at radius 2 is 2.06 bits per heavy atom. The molecular weight excluding hydrogens is 230 g/mol. The molecule has 1 aromatic rings. The summed E-state index contributed by atoms with van der Waals surface area (Å²) in [5, 5.41) is -0.219. The quantitative estimate of drug-likeness (QED) is 0.799. The van der Waals surface area contributed by atoms with E-state index in [4.69, 9.17) is 0 Å². The zero-order valence-corrected chi connectivity index (χ0v) is 11.4. The van der Waals surface area contributed by atoms with Crippen LogP contribution in [0.4, 0.5) is 5.69 Å². The molecule has 0 fully saturated rings. The molecule has 2 unspecified atom stereocenters. The van der Waals surface area contributed by atoms with Crippen LogP contribution < -0.4 is 4.90 Å². The van der Waals surface area contributed by atoms with Crippen molar-refractivity contribution in [1.29, 1.82) is 0 Å². The highest BCUT2D eigenvalue weighted by atomic mass is 32.1. The fourth-order valence-electron chi connectivity index (χ4n) is 2.33. The summed E-state index contributed by atoms with van der Waals surface area (Å²) in [5.41, 5.74) is 2.32. The highest BCUT2D eigenvalue weighted by Crippen LogP contribution is 2.33. The number of para-hydroxylation sites is 1. The lowest BCUT2D eigenvalue weighted by Crippen LogP contribution is -2.42. The van der Waals surface area contributed by atoms with Crippen LogP contribution in [0.1, 0.15) is 26.3 Å². The molecule has 0 bridgehead atoms. The number of nitrogens with zero attached hydrogens (tertiary/aromatic N) is 1. The van der Waals surface area contributed by atoms with E-state index in [-0.39, 0.29) is 23.1 Å². The van der Waals surface area contributed by atoms with E-state index in [9.17, 15) is 4.79 Å². The van der Waals surface area contributed by atoms with Gasteiger partial charge in [-0.25, -0.2) is 0 Å². The molecule has 92 valence electrons. The lowest BCUT2D eigenvalue weighted by Gasteiger charge is -2.27. The molecule has 1 heterocycles. The maximum absolute atomic E-state index is 12.4. The van der Waals surface area contributed by atoms with E-state index < -0.39 is 0 Å². The third-order valence-corrected chi connectivity index (χ3v) is 4.15. The van der Waals surface area contributed by atoms with Crippen LogP contribution in [0.2, 0.25) is 0 Å². The van der Waals surface area contributed by atoms with Crippen LogP contribution >= 0.6 is 12.6 Å². The average molecular weight is 249 g/mol. The number of hydrogen-bond acceptors (Lipinski definition) is 2. The number of amides is 1. The highest BCUT2D eigenvalue weighted by Gasteiger charge is 2.34. The number of rotatable bonds is 2. The largest absolute Gasteiger partial charge is 0.308 e. The third kappa shape index (κ3) is 2.21. The summed E-state index contributed by atoms with van der Waals surface area (Å²) in [5.74, 6) is 0.381. The van der Waals surface area contributed by atoms with Crippen molar-refractivity contribution in [2.24, 2.45) is 5.92 Å². The Morgan fingerprint density at radius 3 is 2.71 bits per heavy atom. The monoisotopic (exact) mass is 249 g/mol. The first-order valence-corrected chi connectivity index (χ1v) is 6.63. The molecule has 17 heavy (non-hydrogen) atoms. The fourth-order valence-corrected chi connectivity index (χ4v) is 2.45. The Hall–Kier alpha value is -0.960. The van der Waals surface area contributed by atoms with Crippen molar-refractivity contribution in [3.8, 4) is 0 Å². The van der Waals surface area contributed by atoms with Crippen molar-refractivity contribution < 1.29 is 4.79 Å². The number of carbonyl (C=O) groups excluding carboxylic acids is 1. The predicted molar refractivity (Wildman–Crippen MR) is 74.7 cm³/mol. The van der Waals surface area contributed by atoms with Crippen molar-refractivity contribution in [3.05, 3.63) is 29.8 Å². The maximum atomic E-state index is 12.4. The van der Waals surface area contributed by atoms with Gasteiger partial charge >= 0.3 is 0 Å². The van der Waals surface area contributed by atoms with Gasteiger partial charge in [0.1, 0.15) is 0 Å². The van der Waals surface area contributed by atoms with E-state index in [0.717, 1.165) is 12.1 Å². The Bertz CT molecular complexity index is 430. The maximum Gasteiger partial charge on any atom is 0.240 e. The first-order valence-electron chi connectivity index (χ1n) is 6.11. The second-order valence-corrected chi connectivity index (χ2v) is 5.64. The van der Waals surface area contributed by atoms with Gasteiger partial charge in [0.2, 0.25) is 5.91 Å². The fraction of sp³-hybridized carbons (Fsp3) is 0.500. The number of hydrogen-bond donors (Lipinski definition) is 1. The van der Waals surface area contributed by atoms with Gasteiger partial charge in [-0.3, -0.25) is 4.79 Å². The number of thiol groups is 1. The summed E-state index contributed by atoms with van der Waals surface area (Å²) in [6.07, 6.45) is 0.945. The molecule has 3 heteroatoms. The first-order chi connectivity index (χ1) is 8.02. The average Bonchev–Trinajstić information content (AvgIpc) is 2.62. The van der Waals surface area contributed by atoms with Crippen LogP contribution in [0.15, 0.2) is 24.3 Å². The molecule has 0 N–H and O–H groups in total. The lowest BCUT2D eigenvalue weighted by molar-refractivity contribution is -0.119. The molecular formula is C14H19NOS. The standard InChI is InChI=1S/C14H19NOS/c1-9(2)13(17)14(16)15-10(3)8-11-6-4-5-7-12(11)15/h4-7,9-10,13,17H,8H2,1-3H3. The minimum absolute atomic E-state index is 0.126. The summed E-state index contributed by atoms with van der Waals surface area (Å²) < 4.78 is 0. The smallest absolute Gasteiger partial charge is 0.240 e. The Morgan fingerprint density at radius 1 is 1.41 bits per heavy atom. The molecule has 0 aromatic heterocycles. The molecule has 2 rings (SSSR count). The molecule has 0 spiro atoms. The number of anilines is 1. The molecule has 0 radical (unpaired) electrons. The molecule has 2 nitrogen and oxygen atoms in total. The van der Waals surface area contributed by atoms with Crippen molar-refractivity contribution in [3.63, 3.8) is 0 Å². The second-order valence-electron chi connectivity index (χ2n) is 5.08. The van der Waals surface area contributed by atoms with Crippen molar-refractivity contribution in [2.75, 3.05) is 4.90 Å². The van der Waals surface area contributed by atoms with Crippen LogP contribution in [-0.4, -0.2) is 17.2 Å². The van der Waals surface area contributed by atoms with Gasteiger partial charge < -0.3 is 4.90 Å². The normalized spacial score (nSPS) is 20.5. The minimum Gasteiger partial charge on any atom is -0.308 e. The lowest BCUT2D eigenvalue weighted by atomic mass is 10.1. The minimum atomic E-state index is -0.219. The zero-order chi connectivity index (χ0) is 12.6. The molecule has 1 amide bonds. The van der Waals surface area contributed by atoms with E-state index in [1.165, 1.54) is 5.56 Å². The number of carbonyl (C=O) groups is 1. The second kappa shape index (κ2) is 4.73. The molecule has 0 saturated carbocycles. The van der Waals surface area contributed by atoms with Crippen molar-refractivity contribution in [2.45, 2.75) is 38.5 Å². The molecule has 0 aliphatic carbocycles. The van der Waals surface area contributed by atoms with E-state index in [2.05, 4.69) is 25.6 Å². The summed E-state index contributed by atoms with van der Waals surface area (Å²) in [4.78, 5) is 14.3. The molecule has 0 saturated heterocycles. The van der Waals surface area contributed by atoms with Gasteiger partial charge in [-0.05, 0) is 30.9 Å². The van der Waals surface area contributed by atoms with E-state index >= 15 is 0 Å². The van der Waals surface area contributed by atoms with Gasteiger partial charge in [0.25, 0.3) is 0 Å². The third-order valence-electron chi connectivity index (χ3n) is 3.33. The van der Waals surface area contributed by atoms with Crippen LogP contribution in [0.25, 0.3) is 0 Å². The summed E-state index contributed by atoms with van der Waals surface area (Å²) in [7, 11) is 0. The Kier molecular flexibility index (Phi) is 3.48. The molecule has 1 aromatic carbocycles. The van der Waals surface area contributed by atoms with E-state index in [1.54, 1.807) is 0 Å². The van der Waals surface area contributed by atoms with Crippen LogP contribution in [0.3, 0.4) is 0 Å². The first kappa shape index (κ1) is 12.5. The number of fused-ring (bicyclic) bond motifs is 1. The molecule has 1 aliphatic heterocycles. The van der Waals surface area contributed by atoms with Gasteiger partial charge in [-0.15, -0.1) is 0 Å². The Balaban J connectivity index is 2.30. The van der Waals surface area contributed by atoms with Gasteiger partial charge in [-0.1, -0.05) is 32.0 Å². The Labute approximate surface area is 108 Å². The van der Waals surface area contributed by atoms with Gasteiger partial charge in [0, 0.05) is 11.7 Å². The van der Waals surface area contributed by atoms with Crippen molar-refractivity contribution >= 4 is 24.2 Å². The molecule has 2 atom stereocenters. The predicted octanol–water partition coefficient (Wildman–Crippen LogP) is 2.92. The summed E-state index contributed by atoms with van der Waals surface area (Å²) >= 11 is 4.44. The zero-order valence-electron chi connectivity index (χ0n) is 10.6. The van der Waals surface area contributed by atoms with Crippen molar-refractivity contribution in [1.82, 2.24) is 0 Å². The van der Waals surface area contributed by atoms with Gasteiger partial charge in [0.05, 0.1) is 5.25 Å². The van der Waals surface area contributed by atoms with Crippen LogP contribution in [0, 0.1) is 5.92 Å². The topological polar surface area (TPSA) is 20.3 Å². The van der Waals surface area contributed by atoms with Crippen LogP contribution in [-0.2, 0) is 11.2 Å². The van der Waals surface area contributed by atoms with Gasteiger partial charge in [-0.2, -0.15) is 12.6 Å². The SMILES string of the molecule is CC(C)C(S)C(=O)N1c2ccccc2CC1C. The molecule has 1 aliphatic rings. The van der Waals surface area contributed by atoms with E-state index in [0.29, 0.717) is 0 Å². The summed E-state index contributed by atoms with van der Waals surface area (Å²) in [6, 6.07) is 8.38. The highest BCUT2D eigenvalue weighted by molar-refractivity contribution is 7.81. The van der Waals surface area contributed by atoms with Gasteiger partial charge in [0.15, 0.2) is 0 Å².